The zero-order valence-electron chi connectivity index (χ0n) is 16.0. The summed E-state index contributed by atoms with van der Waals surface area (Å²) in [5.41, 5.74) is 5.62. The fraction of sp³-hybridized carbons (Fsp3) is 0.227. The molecular formula is C22H20N6O. The molecule has 4 aromatic rings. The van der Waals surface area contributed by atoms with Crippen LogP contribution in [0.3, 0.4) is 0 Å². The maximum atomic E-state index is 12.2. The molecule has 1 amide bonds. The number of imidazole rings is 1. The van der Waals surface area contributed by atoms with Gasteiger partial charge in [-0.25, -0.2) is 9.50 Å². The molecule has 0 spiro atoms. The second-order valence-electron chi connectivity index (χ2n) is 7.32. The first kappa shape index (κ1) is 17.5. The van der Waals surface area contributed by atoms with Gasteiger partial charge in [-0.3, -0.25) is 14.8 Å². The van der Waals surface area contributed by atoms with Crippen molar-refractivity contribution in [2.75, 3.05) is 0 Å². The lowest BCUT2D eigenvalue weighted by atomic mass is 10.1. The lowest BCUT2D eigenvalue weighted by molar-refractivity contribution is -0.120. The van der Waals surface area contributed by atoms with Crippen LogP contribution in [0.15, 0.2) is 54.9 Å². The summed E-state index contributed by atoms with van der Waals surface area (Å²) >= 11 is 0. The first-order valence-corrected chi connectivity index (χ1v) is 9.70. The van der Waals surface area contributed by atoms with Gasteiger partial charge >= 0.3 is 0 Å². The first-order chi connectivity index (χ1) is 14.2. The summed E-state index contributed by atoms with van der Waals surface area (Å²) in [5.74, 6) is 0.00697. The van der Waals surface area contributed by atoms with Crippen molar-refractivity contribution < 1.29 is 4.79 Å². The van der Waals surface area contributed by atoms with E-state index in [0.29, 0.717) is 11.7 Å². The van der Waals surface area contributed by atoms with E-state index in [2.05, 4.69) is 20.3 Å². The predicted octanol–water partition coefficient (Wildman–Crippen LogP) is 2.98. The highest BCUT2D eigenvalue weighted by Gasteiger charge is 2.24. The Morgan fingerprint density at radius 2 is 2.00 bits per heavy atom. The lowest BCUT2D eigenvalue weighted by Gasteiger charge is -2.09. The highest BCUT2D eigenvalue weighted by atomic mass is 16.1. The molecule has 0 aliphatic heterocycles. The molecule has 4 heterocycles. The molecular weight excluding hydrogens is 364 g/mol. The van der Waals surface area contributed by atoms with Crippen molar-refractivity contribution in [1.29, 1.82) is 0 Å². The minimum Gasteiger partial charge on any atom is -0.353 e. The van der Waals surface area contributed by atoms with E-state index in [4.69, 9.17) is 5.10 Å². The molecule has 4 aromatic heterocycles. The van der Waals surface area contributed by atoms with Gasteiger partial charge < -0.3 is 5.32 Å². The lowest BCUT2D eigenvalue weighted by Crippen LogP contribution is -2.27. The number of nitrogens with zero attached hydrogens (tertiary/aromatic N) is 5. The third-order valence-electron chi connectivity index (χ3n) is 4.93. The molecule has 1 N–H and O–H groups in total. The monoisotopic (exact) mass is 384 g/mol. The third kappa shape index (κ3) is 3.59. The van der Waals surface area contributed by atoms with Gasteiger partial charge in [0.1, 0.15) is 0 Å². The smallest absolute Gasteiger partial charge is 0.226 e. The molecule has 1 aliphatic rings. The Hall–Kier alpha value is -3.61. The normalized spacial score (nSPS) is 13.6. The molecule has 144 valence electrons. The standard InChI is InChI=1S/C22H20N6O/c1-14-4-2-6-19(25-14)22-17(5-3-11-23-22)18-9-10-20-24-13-16(28(20)27-18)12-21(29)26-15-7-8-15/h2-6,9-11,13,15H,7-8,12H2,1H3,(H,26,29). The molecule has 5 rings (SSSR count). The summed E-state index contributed by atoms with van der Waals surface area (Å²) in [6.45, 7) is 1.96. The van der Waals surface area contributed by atoms with Crippen LogP contribution in [0.25, 0.3) is 28.3 Å². The number of carbonyl (C=O) groups is 1. The number of fused-ring (bicyclic) bond motifs is 1. The summed E-state index contributed by atoms with van der Waals surface area (Å²) < 4.78 is 1.74. The van der Waals surface area contributed by atoms with E-state index >= 15 is 0 Å². The van der Waals surface area contributed by atoms with Crippen LogP contribution in [-0.2, 0) is 11.2 Å². The number of aryl methyl sites for hydroxylation is 1. The maximum Gasteiger partial charge on any atom is 0.226 e. The van der Waals surface area contributed by atoms with E-state index in [1.54, 1.807) is 16.9 Å². The second kappa shape index (κ2) is 7.09. The van der Waals surface area contributed by atoms with Crippen LogP contribution in [0.2, 0.25) is 0 Å². The van der Waals surface area contributed by atoms with Crippen molar-refractivity contribution in [3.63, 3.8) is 0 Å². The van der Waals surface area contributed by atoms with Crippen molar-refractivity contribution in [1.82, 2.24) is 29.9 Å². The minimum atomic E-state index is 0.00697. The van der Waals surface area contributed by atoms with Crippen LogP contribution in [0.1, 0.15) is 24.2 Å². The Morgan fingerprint density at radius 1 is 1.10 bits per heavy atom. The van der Waals surface area contributed by atoms with E-state index < -0.39 is 0 Å². The molecule has 0 saturated heterocycles. The van der Waals surface area contributed by atoms with Crippen molar-refractivity contribution >= 4 is 11.6 Å². The van der Waals surface area contributed by atoms with Crippen molar-refractivity contribution in [3.8, 4) is 22.6 Å². The average Bonchev–Trinajstić information content (AvgIpc) is 3.46. The van der Waals surface area contributed by atoms with Gasteiger partial charge in [0.2, 0.25) is 5.91 Å². The van der Waals surface area contributed by atoms with Crippen molar-refractivity contribution in [3.05, 3.63) is 66.2 Å². The molecule has 1 fully saturated rings. The topological polar surface area (TPSA) is 85.1 Å². The fourth-order valence-electron chi connectivity index (χ4n) is 3.35. The van der Waals surface area contributed by atoms with Crippen LogP contribution >= 0.6 is 0 Å². The number of amides is 1. The second-order valence-corrected chi connectivity index (χ2v) is 7.32. The summed E-state index contributed by atoms with van der Waals surface area (Å²) in [5, 5.41) is 7.78. The van der Waals surface area contributed by atoms with Gasteiger partial charge in [0.05, 0.1) is 35.4 Å². The molecule has 1 aliphatic carbocycles. The highest BCUT2D eigenvalue weighted by Crippen LogP contribution is 2.28. The van der Waals surface area contributed by atoms with Crippen LogP contribution in [0, 0.1) is 6.92 Å². The summed E-state index contributed by atoms with van der Waals surface area (Å²) in [4.78, 5) is 25.8. The number of nitrogens with one attached hydrogen (secondary N) is 1. The van der Waals surface area contributed by atoms with Crippen molar-refractivity contribution in [2.45, 2.75) is 32.2 Å². The molecule has 0 unspecified atom stereocenters. The quantitative estimate of drug-likeness (QED) is 0.572. The summed E-state index contributed by atoms with van der Waals surface area (Å²) in [6.07, 6.45) is 5.86. The van der Waals surface area contributed by atoms with Crippen LogP contribution in [0.4, 0.5) is 0 Å². The maximum absolute atomic E-state index is 12.2. The third-order valence-corrected chi connectivity index (χ3v) is 4.93. The molecule has 0 atom stereocenters. The van der Waals surface area contributed by atoms with Gasteiger partial charge in [0, 0.05) is 23.5 Å². The van der Waals surface area contributed by atoms with Gasteiger partial charge in [0.25, 0.3) is 0 Å². The van der Waals surface area contributed by atoms with E-state index in [0.717, 1.165) is 46.9 Å². The van der Waals surface area contributed by atoms with Crippen molar-refractivity contribution in [2.24, 2.45) is 0 Å². The molecule has 7 heteroatoms. The van der Waals surface area contributed by atoms with E-state index in [1.807, 2.05) is 49.4 Å². The SMILES string of the molecule is Cc1cccc(-c2ncccc2-c2ccc3ncc(CC(=O)NC4CC4)n3n2)n1. The fourth-order valence-corrected chi connectivity index (χ4v) is 3.35. The zero-order valence-corrected chi connectivity index (χ0v) is 16.0. The van der Waals surface area contributed by atoms with E-state index in [1.165, 1.54) is 0 Å². The van der Waals surface area contributed by atoms with Gasteiger partial charge in [-0.05, 0) is 56.2 Å². The number of carbonyl (C=O) groups excluding carboxylic acids is 1. The molecule has 7 nitrogen and oxygen atoms in total. The molecule has 0 bridgehead atoms. The number of pyridine rings is 2. The largest absolute Gasteiger partial charge is 0.353 e. The van der Waals surface area contributed by atoms with Crippen LogP contribution in [-0.4, -0.2) is 36.5 Å². The average molecular weight is 384 g/mol. The number of aromatic nitrogens is 5. The number of hydrogen-bond acceptors (Lipinski definition) is 5. The van der Waals surface area contributed by atoms with Gasteiger partial charge in [0.15, 0.2) is 5.65 Å². The Morgan fingerprint density at radius 3 is 2.83 bits per heavy atom. The molecule has 1 saturated carbocycles. The Balaban J connectivity index is 1.54. The van der Waals surface area contributed by atoms with Gasteiger partial charge in [-0.1, -0.05) is 6.07 Å². The molecule has 0 aromatic carbocycles. The Bertz CT molecular complexity index is 1210. The number of rotatable bonds is 5. The van der Waals surface area contributed by atoms with E-state index in [-0.39, 0.29) is 12.3 Å². The highest BCUT2D eigenvalue weighted by molar-refractivity contribution is 5.79. The molecule has 29 heavy (non-hydrogen) atoms. The minimum absolute atomic E-state index is 0.00697. The first-order valence-electron chi connectivity index (χ1n) is 9.70. The Labute approximate surface area is 167 Å². The summed E-state index contributed by atoms with van der Waals surface area (Å²) in [6, 6.07) is 13.9. The predicted molar refractivity (Wildman–Crippen MR) is 109 cm³/mol. The number of hydrogen-bond donors (Lipinski definition) is 1. The molecule has 0 radical (unpaired) electrons. The van der Waals surface area contributed by atoms with Crippen LogP contribution < -0.4 is 5.32 Å². The van der Waals surface area contributed by atoms with Crippen LogP contribution in [0.5, 0.6) is 0 Å². The Kier molecular flexibility index (Phi) is 4.27. The zero-order chi connectivity index (χ0) is 19.8. The van der Waals surface area contributed by atoms with E-state index in [9.17, 15) is 4.79 Å². The van der Waals surface area contributed by atoms with Gasteiger partial charge in [-0.15, -0.1) is 0 Å². The summed E-state index contributed by atoms with van der Waals surface area (Å²) in [7, 11) is 0. The van der Waals surface area contributed by atoms with Gasteiger partial charge in [-0.2, -0.15) is 5.10 Å².